The molecule has 17 heavy (non-hydrogen) atoms. The molecular weight excluding hydrogens is 216 g/mol. The summed E-state index contributed by atoms with van der Waals surface area (Å²) in [7, 11) is 1.48. The van der Waals surface area contributed by atoms with Gasteiger partial charge in [-0.15, -0.1) is 0 Å². The van der Waals surface area contributed by atoms with Gasteiger partial charge in [-0.25, -0.2) is 0 Å². The number of hydrogen-bond acceptors (Lipinski definition) is 3. The van der Waals surface area contributed by atoms with Crippen LogP contribution in [0.4, 0.5) is 0 Å². The SMILES string of the molecule is COC(CN)C(=O)NCC(C)c1ccccc1. The minimum absolute atomic E-state index is 0.155. The molecule has 0 aliphatic carbocycles. The number of hydrogen-bond donors (Lipinski definition) is 2. The van der Waals surface area contributed by atoms with Crippen LogP contribution in [0.1, 0.15) is 18.4 Å². The van der Waals surface area contributed by atoms with Gasteiger partial charge in [-0.1, -0.05) is 37.3 Å². The van der Waals surface area contributed by atoms with Crippen molar-refractivity contribution in [2.45, 2.75) is 18.9 Å². The van der Waals surface area contributed by atoms with Crippen molar-refractivity contribution in [1.82, 2.24) is 5.32 Å². The van der Waals surface area contributed by atoms with Crippen molar-refractivity contribution in [3.8, 4) is 0 Å². The van der Waals surface area contributed by atoms with E-state index in [4.69, 9.17) is 10.5 Å². The van der Waals surface area contributed by atoms with Crippen LogP contribution in [-0.4, -0.2) is 32.2 Å². The molecule has 0 spiro atoms. The number of nitrogens with two attached hydrogens (primary N) is 1. The summed E-state index contributed by atoms with van der Waals surface area (Å²) in [5.74, 6) is 0.119. The van der Waals surface area contributed by atoms with E-state index in [-0.39, 0.29) is 18.4 Å². The Morgan fingerprint density at radius 3 is 2.59 bits per heavy atom. The molecule has 1 aromatic rings. The topological polar surface area (TPSA) is 64.3 Å². The molecule has 2 atom stereocenters. The first-order chi connectivity index (χ1) is 8.19. The van der Waals surface area contributed by atoms with E-state index in [2.05, 4.69) is 12.2 Å². The van der Waals surface area contributed by atoms with Gasteiger partial charge in [0.2, 0.25) is 5.91 Å². The molecule has 1 aromatic carbocycles. The van der Waals surface area contributed by atoms with E-state index in [1.807, 2.05) is 30.3 Å². The van der Waals surface area contributed by atoms with Gasteiger partial charge >= 0.3 is 0 Å². The maximum Gasteiger partial charge on any atom is 0.250 e. The Morgan fingerprint density at radius 2 is 2.06 bits per heavy atom. The summed E-state index contributed by atoms with van der Waals surface area (Å²) in [6.07, 6.45) is -0.557. The molecule has 0 bridgehead atoms. The zero-order chi connectivity index (χ0) is 12.7. The van der Waals surface area contributed by atoms with Crippen LogP contribution in [0.15, 0.2) is 30.3 Å². The predicted molar refractivity (Wildman–Crippen MR) is 67.7 cm³/mol. The van der Waals surface area contributed by atoms with Crippen LogP contribution < -0.4 is 11.1 Å². The highest BCUT2D eigenvalue weighted by atomic mass is 16.5. The van der Waals surface area contributed by atoms with Crippen molar-refractivity contribution in [1.29, 1.82) is 0 Å². The van der Waals surface area contributed by atoms with Crippen LogP contribution in [0.3, 0.4) is 0 Å². The minimum Gasteiger partial charge on any atom is -0.370 e. The van der Waals surface area contributed by atoms with Gasteiger partial charge in [-0.05, 0) is 11.5 Å². The maximum atomic E-state index is 11.6. The molecule has 0 heterocycles. The number of ether oxygens (including phenoxy) is 1. The van der Waals surface area contributed by atoms with E-state index in [1.165, 1.54) is 12.7 Å². The van der Waals surface area contributed by atoms with Gasteiger partial charge in [0, 0.05) is 20.2 Å². The fourth-order valence-corrected chi connectivity index (χ4v) is 1.58. The van der Waals surface area contributed by atoms with Gasteiger partial charge in [0.05, 0.1) is 0 Å². The summed E-state index contributed by atoms with van der Waals surface area (Å²) >= 11 is 0. The lowest BCUT2D eigenvalue weighted by molar-refractivity contribution is -0.130. The third-order valence-corrected chi connectivity index (χ3v) is 2.74. The molecule has 4 heteroatoms. The van der Waals surface area contributed by atoms with Crippen LogP contribution >= 0.6 is 0 Å². The smallest absolute Gasteiger partial charge is 0.250 e. The largest absolute Gasteiger partial charge is 0.370 e. The van der Waals surface area contributed by atoms with E-state index in [9.17, 15) is 4.79 Å². The van der Waals surface area contributed by atoms with Gasteiger partial charge in [0.1, 0.15) is 6.10 Å². The van der Waals surface area contributed by atoms with Crippen molar-refractivity contribution in [2.75, 3.05) is 20.2 Å². The third kappa shape index (κ3) is 4.17. The number of methoxy groups -OCH3 is 1. The highest BCUT2D eigenvalue weighted by Gasteiger charge is 2.16. The lowest BCUT2D eigenvalue weighted by Crippen LogP contribution is -2.41. The first-order valence-corrected chi connectivity index (χ1v) is 5.74. The number of nitrogens with one attached hydrogen (secondary N) is 1. The van der Waals surface area contributed by atoms with Crippen LogP contribution in [0, 0.1) is 0 Å². The molecule has 4 nitrogen and oxygen atoms in total. The molecule has 0 aliphatic rings. The first kappa shape index (κ1) is 13.7. The molecule has 94 valence electrons. The Hall–Kier alpha value is -1.39. The summed E-state index contributed by atoms with van der Waals surface area (Å²) < 4.78 is 4.96. The van der Waals surface area contributed by atoms with E-state index in [1.54, 1.807) is 0 Å². The molecule has 3 N–H and O–H groups in total. The normalized spacial score (nSPS) is 14.1. The Bertz CT molecular complexity index is 337. The first-order valence-electron chi connectivity index (χ1n) is 5.74. The minimum atomic E-state index is -0.557. The summed E-state index contributed by atoms with van der Waals surface area (Å²) in [5, 5.41) is 2.84. The molecule has 1 rings (SSSR count). The lowest BCUT2D eigenvalue weighted by Gasteiger charge is -2.16. The summed E-state index contributed by atoms with van der Waals surface area (Å²) in [5.41, 5.74) is 6.62. The van der Waals surface area contributed by atoms with Gasteiger partial charge in [0.25, 0.3) is 0 Å². The van der Waals surface area contributed by atoms with Crippen LogP contribution in [-0.2, 0) is 9.53 Å². The van der Waals surface area contributed by atoms with Crippen molar-refractivity contribution >= 4 is 5.91 Å². The zero-order valence-electron chi connectivity index (χ0n) is 10.3. The zero-order valence-corrected chi connectivity index (χ0v) is 10.3. The molecule has 0 saturated carbocycles. The standard InChI is InChI=1S/C13H20N2O2/c1-10(11-6-4-3-5-7-11)9-15-13(16)12(8-14)17-2/h3-7,10,12H,8-9,14H2,1-2H3,(H,15,16). The molecule has 0 saturated heterocycles. The molecular formula is C13H20N2O2. The number of rotatable bonds is 6. The number of carbonyl (C=O) groups is 1. The Labute approximate surface area is 102 Å². The molecule has 0 fully saturated rings. The Balaban J connectivity index is 2.43. The second-order valence-corrected chi connectivity index (χ2v) is 4.02. The fraction of sp³-hybridized carbons (Fsp3) is 0.462. The van der Waals surface area contributed by atoms with Crippen LogP contribution in [0.2, 0.25) is 0 Å². The summed E-state index contributed by atoms with van der Waals surface area (Å²) in [4.78, 5) is 11.6. The monoisotopic (exact) mass is 236 g/mol. The average Bonchev–Trinajstić information content (AvgIpc) is 2.38. The average molecular weight is 236 g/mol. The number of benzene rings is 1. The molecule has 2 unspecified atom stereocenters. The van der Waals surface area contributed by atoms with E-state index < -0.39 is 6.10 Å². The van der Waals surface area contributed by atoms with Gasteiger partial charge in [-0.2, -0.15) is 0 Å². The Morgan fingerprint density at radius 1 is 1.41 bits per heavy atom. The summed E-state index contributed by atoms with van der Waals surface area (Å²) in [6.45, 7) is 2.85. The van der Waals surface area contributed by atoms with E-state index in [0.717, 1.165) is 0 Å². The molecule has 0 radical (unpaired) electrons. The maximum absolute atomic E-state index is 11.6. The van der Waals surface area contributed by atoms with Gasteiger partial charge in [-0.3, -0.25) is 4.79 Å². The van der Waals surface area contributed by atoms with Crippen LogP contribution in [0.5, 0.6) is 0 Å². The predicted octanol–water partition coefficient (Wildman–Crippen LogP) is 0.880. The quantitative estimate of drug-likeness (QED) is 0.770. The van der Waals surface area contributed by atoms with Gasteiger partial charge < -0.3 is 15.8 Å². The fourth-order valence-electron chi connectivity index (χ4n) is 1.58. The molecule has 1 amide bonds. The van der Waals surface area contributed by atoms with Crippen molar-refractivity contribution in [3.63, 3.8) is 0 Å². The number of amides is 1. The second-order valence-electron chi connectivity index (χ2n) is 4.02. The summed E-state index contributed by atoms with van der Waals surface area (Å²) in [6, 6.07) is 10.1. The van der Waals surface area contributed by atoms with Gasteiger partial charge in [0.15, 0.2) is 0 Å². The van der Waals surface area contributed by atoms with Crippen LogP contribution in [0.25, 0.3) is 0 Å². The Kier molecular flexibility index (Phi) is 5.66. The second kappa shape index (κ2) is 7.04. The lowest BCUT2D eigenvalue weighted by atomic mass is 10.0. The van der Waals surface area contributed by atoms with E-state index in [0.29, 0.717) is 6.54 Å². The number of carbonyl (C=O) groups excluding carboxylic acids is 1. The van der Waals surface area contributed by atoms with E-state index >= 15 is 0 Å². The van der Waals surface area contributed by atoms with Crippen molar-refractivity contribution < 1.29 is 9.53 Å². The molecule has 0 aromatic heterocycles. The highest BCUT2D eigenvalue weighted by molar-refractivity contribution is 5.81. The highest BCUT2D eigenvalue weighted by Crippen LogP contribution is 2.12. The molecule has 0 aliphatic heterocycles. The third-order valence-electron chi connectivity index (χ3n) is 2.74. The van der Waals surface area contributed by atoms with Crippen molar-refractivity contribution in [3.05, 3.63) is 35.9 Å². The van der Waals surface area contributed by atoms with Crippen molar-refractivity contribution in [2.24, 2.45) is 5.73 Å².